The monoisotopic (exact) mass is 244 g/mol. The van der Waals surface area contributed by atoms with E-state index in [-0.39, 0.29) is 0 Å². The first-order chi connectivity index (χ1) is 8.15. The van der Waals surface area contributed by atoms with Crippen molar-refractivity contribution in [3.63, 3.8) is 0 Å². The predicted molar refractivity (Wildman–Crippen MR) is 74.1 cm³/mol. The number of rotatable bonds is 2. The van der Waals surface area contributed by atoms with Gasteiger partial charge in [0, 0.05) is 27.6 Å². The summed E-state index contributed by atoms with van der Waals surface area (Å²) >= 11 is 6.30. The molecule has 0 radical (unpaired) electrons. The van der Waals surface area contributed by atoms with Gasteiger partial charge in [0.15, 0.2) is 6.20 Å². The van der Waals surface area contributed by atoms with Crippen LogP contribution in [0.3, 0.4) is 0 Å². The van der Waals surface area contributed by atoms with Gasteiger partial charge in [-0.25, -0.2) is 4.57 Å². The molecule has 0 atom stereocenters. The van der Waals surface area contributed by atoms with Gasteiger partial charge < -0.3 is 0 Å². The summed E-state index contributed by atoms with van der Waals surface area (Å²) in [5, 5.41) is 1.94. The molecule has 0 bridgehead atoms. The summed E-state index contributed by atoms with van der Waals surface area (Å²) in [4.78, 5) is 0. The van der Waals surface area contributed by atoms with Crippen LogP contribution in [-0.2, 0) is 7.05 Å². The van der Waals surface area contributed by atoms with Crippen LogP contribution in [0.25, 0.3) is 17.0 Å². The van der Waals surface area contributed by atoms with Crippen LogP contribution in [0.5, 0.6) is 0 Å². The number of aryl methyl sites for hydroxylation is 2. The zero-order valence-electron chi connectivity index (χ0n) is 10.1. The number of fused-ring (bicyclic) bond motifs is 1. The van der Waals surface area contributed by atoms with Crippen LogP contribution in [0.2, 0.25) is 5.02 Å². The smallest absolute Gasteiger partial charge is 0.201 e. The topological polar surface area (TPSA) is 3.88 Å². The maximum absolute atomic E-state index is 6.30. The largest absolute Gasteiger partial charge is 0.215 e. The first-order valence-corrected chi connectivity index (χ1v) is 5.89. The van der Waals surface area contributed by atoms with E-state index in [1.54, 1.807) is 6.08 Å². The number of benzene rings is 1. The lowest BCUT2D eigenvalue weighted by atomic mass is 10.0. The standard InChI is InChI=1S/C15H15ClN/c1-4-5-8-13-11(2)15-12(10-14(13)16)7-6-9-17(15)3/h4-10H,1H2,2-3H3/q+1/b8-5-. The van der Waals surface area contributed by atoms with Crippen LogP contribution in [0.15, 0.2) is 43.1 Å². The van der Waals surface area contributed by atoms with Gasteiger partial charge in [-0.15, -0.1) is 0 Å². The molecule has 1 nitrogen and oxygen atoms in total. The molecule has 1 aromatic carbocycles. The molecule has 0 N–H and O–H groups in total. The van der Waals surface area contributed by atoms with Crippen molar-refractivity contribution in [3.8, 4) is 0 Å². The third kappa shape index (κ3) is 2.11. The van der Waals surface area contributed by atoms with Gasteiger partial charge in [0.05, 0.1) is 0 Å². The highest BCUT2D eigenvalue weighted by molar-refractivity contribution is 6.33. The van der Waals surface area contributed by atoms with E-state index >= 15 is 0 Å². The van der Waals surface area contributed by atoms with Crippen molar-refractivity contribution in [2.75, 3.05) is 0 Å². The molecule has 0 spiro atoms. The average molecular weight is 245 g/mol. The fourth-order valence-corrected chi connectivity index (χ4v) is 2.44. The van der Waals surface area contributed by atoms with Crippen LogP contribution in [0.4, 0.5) is 0 Å². The van der Waals surface area contributed by atoms with E-state index in [0.29, 0.717) is 0 Å². The SMILES string of the molecule is C=C/C=C\c1c(Cl)cc2ccc[n+](C)c2c1C. The van der Waals surface area contributed by atoms with Crippen LogP contribution >= 0.6 is 11.6 Å². The highest BCUT2D eigenvalue weighted by Gasteiger charge is 2.13. The summed E-state index contributed by atoms with van der Waals surface area (Å²) in [6.07, 6.45) is 7.70. The number of halogens is 1. The summed E-state index contributed by atoms with van der Waals surface area (Å²) in [5.74, 6) is 0. The molecule has 0 amide bonds. The Morgan fingerprint density at radius 3 is 2.88 bits per heavy atom. The summed E-state index contributed by atoms with van der Waals surface area (Å²) < 4.78 is 2.12. The Morgan fingerprint density at radius 1 is 1.41 bits per heavy atom. The second-order valence-corrected chi connectivity index (χ2v) is 4.46. The molecule has 2 aromatic rings. The number of pyridine rings is 1. The first-order valence-electron chi connectivity index (χ1n) is 5.51. The van der Waals surface area contributed by atoms with E-state index in [1.165, 1.54) is 11.1 Å². The fraction of sp³-hybridized carbons (Fsp3) is 0.133. The zero-order valence-corrected chi connectivity index (χ0v) is 10.8. The number of hydrogen-bond donors (Lipinski definition) is 0. The second kappa shape index (κ2) is 4.72. The number of hydrogen-bond acceptors (Lipinski definition) is 0. The van der Waals surface area contributed by atoms with Gasteiger partial charge in [-0.3, -0.25) is 0 Å². The molecule has 17 heavy (non-hydrogen) atoms. The number of nitrogens with zero attached hydrogens (tertiary/aromatic N) is 1. The Balaban J connectivity index is 2.82. The third-order valence-corrected chi connectivity index (χ3v) is 3.22. The first kappa shape index (κ1) is 11.9. The Labute approximate surface area is 107 Å². The van der Waals surface area contributed by atoms with Crippen molar-refractivity contribution in [1.82, 2.24) is 0 Å². The van der Waals surface area contributed by atoms with Crippen molar-refractivity contribution in [2.45, 2.75) is 6.92 Å². The van der Waals surface area contributed by atoms with E-state index in [4.69, 9.17) is 11.6 Å². The van der Waals surface area contributed by atoms with Gasteiger partial charge in [-0.05, 0) is 19.1 Å². The van der Waals surface area contributed by atoms with E-state index in [0.717, 1.165) is 16.0 Å². The molecule has 1 aromatic heterocycles. The van der Waals surface area contributed by atoms with Crippen molar-refractivity contribution >= 4 is 28.6 Å². The zero-order chi connectivity index (χ0) is 12.4. The average Bonchev–Trinajstić information content (AvgIpc) is 2.28. The van der Waals surface area contributed by atoms with Crippen molar-refractivity contribution in [1.29, 1.82) is 0 Å². The molecular weight excluding hydrogens is 230 g/mol. The van der Waals surface area contributed by atoms with Gasteiger partial charge in [0.25, 0.3) is 0 Å². The molecule has 2 rings (SSSR count). The Bertz CT molecular complexity index is 612. The Hall–Kier alpha value is -1.60. The van der Waals surface area contributed by atoms with E-state index < -0.39 is 0 Å². The van der Waals surface area contributed by atoms with Gasteiger partial charge in [0.2, 0.25) is 5.52 Å². The lowest BCUT2D eigenvalue weighted by molar-refractivity contribution is -0.645. The van der Waals surface area contributed by atoms with Gasteiger partial charge in [0.1, 0.15) is 7.05 Å². The van der Waals surface area contributed by atoms with Crippen molar-refractivity contribution < 1.29 is 4.57 Å². The molecule has 2 heteroatoms. The molecule has 1 heterocycles. The molecule has 0 aliphatic heterocycles. The maximum Gasteiger partial charge on any atom is 0.215 e. The Morgan fingerprint density at radius 2 is 2.18 bits per heavy atom. The lowest BCUT2D eigenvalue weighted by Crippen LogP contribution is -2.28. The quantitative estimate of drug-likeness (QED) is 0.559. The second-order valence-electron chi connectivity index (χ2n) is 4.05. The van der Waals surface area contributed by atoms with Crippen molar-refractivity contribution in [3.05, 3.63) is 59.3 Å². The molecule has 0 unspecified atom stereocenters. The Kier molecular flexibility index (Phi) is 3.30. The molecule has 0 aliphatic carbocycles. The minimum atomic E-state index is 0.777. The summed E-state index contributed by atoms with van der Waals surface area (Å²) in [5.41, 5.74) is 3.45. The molecule has 0 saturated carbocycles. The highest BCUT2D eigenvalue weighted by atomic mass is 35.5. The molecular formula is C15H15ClN+. The summed E-state index contributed by atoms with van der Waals surface area (Å²) in [6.45, 7) is 5.77. The van der Waals surface area contributed by atoms with E-state index in [2.05, 4.69) is 24.1 Å². The van der Waals surface area contributed by atoms with Gasteiger partial charge >= 0.3 is 0 Å². The van der Waals surface area contributed by atoms with Crippen LogP contribution < -0.4 is 4.57 Å². The van der Waals surface area contributed by atoms with Crippen LogP contribution in [0.1, 0.15) is 11.1 Å². The predicted octanol–water partition coefficient (Wildman–Crippen LogP) is 3.83. The third-order valence-electron chi connectivity index (χ3n) is 2.91. The summed E-state index contributed by atoms with van der Waals surface area (Å²) in [6, 6.07) is 6.11. The molecule has 0 saturated heterocycles. The van der Waals surface area contributed by atoms with Crippen LogP contribution in [-0.4, -0.2) is 0 Å². The molecule has 0 aliphatic rings. The highest BCUT2D eigenvalue weighted by Crippen LogP contribution is 2.27. The maximum atomic E-state index is 6.30. The summed E-state index contributed by atoms with van der Waals surface area (Å²) in [7, 11) is 2.05. The normalized spacial score (nSPS) is 11.2. The van der Waals surface area contributed by atoms with Gasteiger partial charge in [-0.2, -0.15) is 0 Å². The lowest BCUT2D eigenvalue weighted by Gasteiger charge is -2.06. The molecule has 0 fully saturated rings. The van der Waals surface area contributed by atoms with Crippen molar-refractivity contribution in [2.24, 2.45) is 7.05 Å². The fourth-order valence-electron chi connectivity index (χ4n) is 2.12. The van der Waals surface area contributed by atoms with E-state index in [1.807, 2.05) is 37.5 Å². The number of aromatic nitrogens is 1. The minimum absolute atomic E-state index is 0.777. The minimum Gasteiger partial charge on any atom is -0.201 e. The molecule has 86 valence electrons. The van der Waals surface area contributed by atoms with Crippen LogP contribution in [0, 0.1) is 6.92 Å². The number of allylic oxidation sites excluding steroid dienone is 2. The van der Waals surface area contributed by atoms with Gasteiger partial charge in [-0.1, -0.05) is 36.4 Å². The van der Waals surface area contributed by atoms with E-state index in [9.17, 15) is 0 Å².